The number of anilines is 1. The minimum atomic E-state index is -0.460. The normalized spacial score (nSPS) is 9.67. The zero-order valence-electron chi connectivity index (χ0n) is 10.4. The first kappa shape index (κ1) is 13.8. The zero-order valence-corrected chi connectivity index (χ0v) is 10.4. The third-order valence-electron chi connectivity index (χ3n) is 2.30. The Morgan fingerprint density at radius 2 is 2.11 bits per heavy atom. The van der Waals surface area contributed by atoms with Gasteiger partial charge in [-0.3, -0.25) is 4.79 Å². The van der Waals surface area contributed by atoms with Crippen LogP contribution in [0.25, 0.3) is 0 Å². The molecular formula is C12H16N2O4. The molecule has 6 nitrogen and oxygen atoms in total. The van der Waals surface area contributed by atoms with Gasteiger partial charge in [0.25, 0.3) is 0 Å². The molecule has 0 heterocycles. The Hall–Kier alpha value is -2.24. The number of amides is 1. The van der Waals surface area contributed by atoms with Crippen molar-refractivity contribution in [3.63, 3.8) is 0 Å². The molecule has 0 bridgehead atoms. The van der Waals surface area contributed by atoms with Gasteiger partial charge < -0.3 is 20.5 Å². The van der Waals surface area contributed by atoms with Gasteiger partial charge in [-0.2, -0.15) is 0 Å². The third kappa shape index (κ3) is 3.65. The summed E-state index contributed by atoms with van der Waals surface area (Å²) in [5.74, 6) is -0.134. The lowest BCUT2D eigenvalue weighted by molar-refractivity contribution is -0.121. The molecule has 0 radical (unpaired) electrons. The molecule has 0 saturated carbocycles. The van der Waals surface area contributed by atoms with Gasteiger partial charge >= 0.3 is 5.97 Å². The first-order valence-corrected chi connectivity index (χ1v) is 5.39. The summed E-state index contributed by atoms with van der Waals surface area (Å²) in [4.78, 5) is 22.2. The summed E-state index contributed by atoms with van der Waals surface area (Å²) in [6.07, 6.45) is 0.245. The van der Waals surface area contributed by atoms with Crippen molar-refractivity contribution in [1.29, 1.82) is 0 Å². The van der Waals surface area contributed by atoms with Crippen LogP contribution in [-0.4, -0.2) is 32.6 Å². The van der Waals surface area contributed by atoms with Gasteiger partial charge in [-0.25, -0.2) is 4.79 Å². The van der Waals surface area contributed by atoms with Crippen molar-refractivity contribution >= 4 is 17.6 Å². The number of nitrogens with two attached hydrogens (primary N) is 1. The van der Waals surface area contributed by atoms with Crippen LogP contribution in [0.3, 0.4) is 0 Å². The lowest BCUT2D eigenvalue weighted by atomic mass is 10.2. The van der Waals surface area contributed by atoms with E-state index in [1.54, 1.807) is 19.2 Å². The molecule has 0 saturated heterocycles. The van der Waals surface area contributed by atoms with Crippen molar-refractivity contribution in [1.82, 2.24) is 5.32 Å². The van der Waals surface area contributed by atoms with Crippen molar-refractivity contribution < 1.29 is 19.1 Å². The van der Waals surface area contributed by atoms with Crippen LogP contribution in [0.2, 0.25) is 0 Å². The van der Waals surface area contributed by atoms with E-state index < -0.39 is 5.97 Å². The highest BCUT2D eigenvalue weighted by molar-refractivity contribution is 5.90. The number of carbonyl (C=O) groups excluding carboxylic acids is 2. The predicted octanol–water partition coefficient (Wildman–Crippen LogP) is 0.570. The van der Waals surface area contributed by atoms with Gasteiger partial charge in [-0.05, 0) is 18.2 Å². The van der Waals surface area contributed by atoms with E-state index in [1.165, 1.54) is 13.2 Å². The van der Waals surface area contributed by atoms with Crippen molar-refractivity contribution in [3.8, 4) is 5.75 Å². The van der Waals surface area contributed by atoms with Gasteiger partial charge in [-0.15, -0.1) is 0 Å². The monoisotopic (exact) mass is 252 g/mol. The second-order valence-corrected chi connectivity index (χ2v) is 3.52. The first-order chi connectivity index (χ1) is 8.58. The fraction of sp³-hybridized carbons (Fsp3) is 0.333. The summed E-state index contributed by atoms with van der Waals surface area (Å²) in [6.45, 7) is 0.224. The quantitative estimate of drug-likeness (QED) is 0.590. The zero-order chi connectivity index (χ0) is 13.5. The SMILES string of the molecule is CNC(=O)CCOc1ccc(C(=O)OC)cc1N. The number of esters is 1. The molecule has 6 heteroatoms. The molecule has 98 valence electrons. The van der Waals surface area contributed by atoms with Gasteiger partial charge in [-0.1, -0.05) is 0 Å². The second kappa shape index (κ2) is 6.48. The van der Waals surface area contributed by atoms with E-state index in [2.05, 4.69) is 10.1 Å². The number of nitrogen functional groups attached to an aromatic ring is 1. The molecular weight excluding hydrogens is 236 g/mol. The van der Waals surface area contributed by atoms with Gasteiger partial charge in [0, 0.05) is 7.05 Å². The first-order valence-electron chi connectivity index (χ1n) is 5.39. The highest BCUT2D eigenvalue weighted by Crippen LogP contribution is 2.22. The maximum Gasteiger partial charge on any atom is 0.337 e. The van der Waals surface area contributed by atoms with E-state index in [-0.39, 0.29) is 18.9 Å². The molecule has 1 aromatic rings. The topological polar surface area (TPSA) is 90.6 Å². The summed E-state index contributed by atoms with van der Waals surface area (Å²) in [5, 5.41) is 2.49. The van der Waals surface area contributed by atoms with E-state index in [0.29, 0.717) is 17.0 Å². The van der Waals surface area contributed by atoms with Crippen molar-refractivity contribution in [2.75, 3.05) is 26.5 Å². The Kier molecular flexibility index (Phi) is 4.98. The molecule has 1 aromatic carbocycles. The van der Waals surface area contributed by atoms with Crippen molar-refractivity contribution in [3.05, 3.63) is 23.8 Å². The molecule has 0 spiro atoms. The minimum absolute atomic E-state index is 0.111. The molecule has 0 fully saturated rings. The van der Waals surface area contributed by atoms with Crippen LogP contribution >= 0.6 is 0 Å². The number of hydrogen-bond acceptors (Lipinski definition) is 5. The van der Waals surface area contributed by atoms with E-state index in [9.17, 15) is 9.59 Å². The third-order valence-corrected chi connectivity index (χ3v) is 2.30. The van der Waals surface area contributed by atoms with Crippen LogP contribution in [-0.2, 0) is 9.53 Å². The average molecular weight is 252 g/mol. The van der Waals surface area contributed by atoms with Crippen molar-refractivity contribution in [2.24, 2.45) is 0 Å². The maximum absolute atomic E-state index is 11.2. The number of nitrogens with one attached hydrogen (secondary N) is 1. The summed E-state index contributed by atoms with van der Waals surface area (Å²) in [6, 6.07) is 4.60. The van der Waals surface area contributed by atoms with E-state index in [4.69, 9.17) is 10.5 Å². The smallest absolute Gasteiger partial charge is 0.337 e. The van der Waals surface area contributed by atoms with Gasteiger partial charge in [0.1, 0.15) is 5.75 Å². The Labute approximate surface area is 105 Å². The van der Waals surface area contributed by atoms with Crippen LogP contribution in [0.1, 0.15) is 16.8 Å². The van der Waals surface area contributed by atoms with Gasteiger partial charge in [0.05, 0.1) is 31.4 Å². The summed E-state index contributed by atoms with van der Waals surface area (Å²) in [7, 11) is 2.86. The molecule has 1 amide bonds. The van der Waals surface area contributed by atoms with Crippen molar-refractivity contribution in [2.45, 2.75) is 6.42 Å². The Morgan fingerprint density at radius 3 is 2.67 bits per heavy atom. The van der Waals surface area contributed by atoms with Crippen LogP contribution in [0.4, 0.5) is 5.69 Å². The summed E-state index contributed by atoms with van der Waals surface area (Å²) < 4.78 is 9.91. The lowest BCUT2D eigenvalue weighted by Crippen LogP contribution is -2.20. The molecule has 0 aromatic heterocycles. The molecule has 0 atom stereocenters. The van der Waals surface area contributed by atoms with Gasteiger partial charge in [0.15, 0.2) is 0 Å². The average Bonchev–Trinajstić information content (AvgIpc) is 2.39. The molecule has 0 aliphatic heterocycles. The van der Waals surface area contributed by atoms with Crippen LogP contribution in [0.5, 0.6) is 5.75 Å². The van der Waals surface area contributed by atoms with E-state index in [1.807, 2.05) is 0 Å². The Balaban J connectivity index is 2.63. The number of rotatable bonds is 5. The van der Waals surface area contributed by atoms with E-state index >= 15 is 0 Å². The Morgan fingerprint density at radius 1 is 1.39 bits per heavy atom. The second-order valence-electron chi connectivity index (χ2n) is 3.52. The number of carbonyl (C=O) groups is 2. The molecule has 0 aliphatic rings. The van der Waals surface area contributed by atoms with Gasteiger partial charge in [0.2, 0.25) is 5.91 Å². The maximum atomic E-state index is 11.2. The standard InChI is InChI=1S/C12H16N2O4/c1-14-11(15)5-6-18-10-4-3-8(7-9(10)13)12(16)17-2/h3-4,7H,5-6,13H2,1-2H3,(H,14,15). The number of hydrogen-bond donors (Lipinski definition) is 2. The molecule has 18 heavy (non-hydrogen) atoms. The largest absolute Gasteiger partial charge is 0.491 e. The van der Waals surface area contributed by atoms with Crippen LogP contribution in [0, 0.1) is 0 Å². The van der Waals surface area contributed by atoms with E-state index in [0.717, 1.165) is 0 Å². The van der Waals surface area contributed by atoms with Crippen LogP contribution in [0.15, 0.2) is 18.2 Å². The fourth-order valence-electron chi connectivity index (χ4n) is 1.30. The Bertz CT molecular complexity index is 446. The lowest BCUT2D eigenvalue weighted by Gasteiger charge is -2.09. The summed E-state index contributed by atoms with van der Waals surface area (Å²) in [5.41, 5.74) is 6.41. The highest BCUT2D eigenvalue weighted by atomic mass is 16.5. The number of ether oxygens (including phenoxy) is 2. The highest BCUT2D eigenvalue weighted by Gasteiger charge is 2.09. The predicted molar refractivity (Wildman–Crippen MR) is 66.4 cm³/mol. The fourth-order valence-corrected chi connectivity index (χ4v) is 1.30. The molecule has 0 aliphatic carbocycles. The van der Waals surface area contributed by atoms with Crippen LogP contribution < -0.4 is 15.8 Å². The number of methoxy groups -OCH3 is 1. The molecule has 0 unspecified atom stereocenters. The molecule has 1 rings (SSSR count). The number of benzene rings is 1. The summed E-state index contributed by atoms with van der Waals surface area (Å²) >= 11 is 0. The molecule has 3 N–H and O–H groups in total. The minimum Gasteiger partial charge on any atom is -0.491 e.